The van der Waals surface area contributed by atoms with Crippen LogP contribution in [-0.4, -0.2) is 74.7 Å². The number of esters is 1. The van der Waals surface area contributed by atoms with Gasteiger partial charge in [-0.2, -0.15) is 0 Å². The van der Waals surface area contributed by atoms with Crippen LogP contribution in [0.5, 0.6) is 0 Å². The summed E-state index contributed by atoms with van der Waals surface area (Å²) in [7, 11) is 1.49. The molecule has 0 N–H and O–H groups in total. The summed E-state index contributed by atoms with van der Waals surface area (Å²) in [6.07, 6.45) is 0.224. The zero-order chi connectivity index (χ0) is 15.4. The van der Waals surface area contributed by atoms with Gasteiger partial charge in [-0.15, -0.1) is 0 Å². The van der Waals surface area contributed by atoms with Crippen molar-refractivity contribution >= 4 is 11.9 Å². The van der Waals surface area contributed by atoms with Gasteiger partial charge in [-0.3, -0.25) is 9.59 Å². The van der Waals surface area contributed by atoms with Crippen molar-refractivity contribution in [2.75, 3.05) is 53.0 Å². The standard InChI is InChI=1S/C14H28N2O4/c1-5-15(6-2)10-11-16(13(17)12-19-4)9-8-14(18)20-7-3/h5-12H2,1-4H3. The van der Waals surface area contributed by atoms with Crippen molar-refractivity contribution in [3.8, 4) is 0 Å². The Bertz CT molecular complexity index is 280. The Labute approximate surface area is 122 Å². The molecule has 0 saturated carbocycles. The topological polar surface area (TPSA) is 59.1 Å². The number of hydrogen-bond acceptors (Lipinski definition) is 5. The summed E-state index contributed by atoms with van der Waals surface area (Å²) < 4.78 is 9.76. The lowest BCUT2D eigenvalue weighted by molar-refractivity contribution is -0.144. The van der Waals surface area contributed by atoms with Crippen molar-refractivity contribution in [2.45, 2.75) is 27.2 Å². The lowest BCUT2D eigenvalue weighted by atomic mass is 10.3. The molecule has 6 heteroatoms. The Morgan fingerprint density at radius 3 is 2.15 bits per heavy atom. The van der Waals surface area contributed by atoms with E-state index in [0.29, 0.717) is 19.7 Å². The van der Waals surface area contributed by atoms with Crippen LogP contribution < -0.4 is 0 Å². The van der Waals surface area contributed by atoms with Crippen molar-refractivity contribution in [2.24, 2.45) is 0 Å². The minimum Gasteiger partial charge on any atom is -0.466 e. The van der Waals surface area contributed by atoms with Gasteiger partial charge < -0.3 is 19.3 Å². The molecular formula is C14H28N2O4. The molecule has 0 aliphatic heterocycles. The molecule has 0 saturated heterocycles. The van der Waals surface area contributed by atoms with Gasteiger partial charge in [0.2, 0.25) is 5.91 Å². The molecule has 0 aromatic rings. The third-order valence-corrected chi connectivity index (χ3v) is 3.09. The lowest BCUT2D eigenvalue weighted by Crippen LogP contribution is -2.41. The van der Waals surface area contributed by atoms with E-state index < -0.39 is 0 Å². The zero-order valence-corrected chi connectivity index (χ0v) is 13.2. The Balaban J connectivity index is 4.33. The SMILES string of the molecule is CCOC(=O)CCN(CCN(CC)CC)C(=O)COC. The Hall–Kier alpha value is -1.14. The highest BCUT2D eigenvalue weighted by Crippen LogP contribution is 1.98. The maximum absolute atomic E-state index is 11.9. The van der Waals surface area contributed by atoms with Crippen molar-refractivity contribution in [3.63, 3.8) is 0 Å². The van der Waals surface area contributed by atoms with E-state index in [4.69, 9.17) is 9.47 Å². The second-order valence-electron chi connectivity index (χ2n) is 4.40. The number of rotatable bonds is 11. The number of nitrogens with zero attached hydrogens (tertiary/aromatic N) is 2. The molecule has 0 fully saturated rings. The van der Waals surface area contributed by atoms with Gasteiger partial charge in [0.15, 0.2) is 0 Å². The number of carbonyl (C=O) groups excluding carboxylic acids is 2. The molecule has 0 aliphatic rings. The first-order valence-electron chi connectivity index (χ1n) is 7.23. The van der Waals surface area contributed by atoms with Crippen LogP contribution >= 0.6 is 0 Å². The quantitative estimate of drug-likeness (QED) is 0.525. The van der Waals surface area contributed by atoms with E-state index in [2.05, 4.69) is 18.7 Å². The van der Waals surface area contributed by atoms with E-state index in [1.165, 1.54) is 7.11 Å². The zero-order valence-electron chi connectivity index (χ0n) is 13.2. The third-order valence-electron chi connectivity index (χ3n) is 3.09. The fourth-order valence-electron chi connectivity index (χ4n) is 1.84. The van der Waals surface area contributed by atoms with E-state index in [1.807, 2.05) is 0 Å². The molecular weight excluding hydrogens is 260 g/mol. The highest BCUT2D eigenvalue weighted by atomic mass is 16.5. The molecule has 0 spiro atoms. The maximum Gasteiger partial charge on any atom is 0.307 e. The first-order chi connectivity index (χ1) is 9.58. The van der Waals surface area contributed by atoms with Gasteiger partial charge in [-0.25, -0.2) is 0 Å². The van der Waals surface area contributed by atoms with Crippen LogP contribution in [0.2, 0.25) is 0 Å². The first kappa shape index (κ1) is 18.9. The second-order valence-corrected chi connectivity index (χ2v) is 4.40. The summed E-state index contributed by atoms with van der Waals surface area (Å²) in [6.45, 7) is 10.0. The molecule has 0 atom stereocenters. The van der Waals surface area contributed by atoms with Crippen molar-refractivity contribution in [3.05, 3.63) is 0 Å². The molecule has 0 bridgehead atoms. The Kier molecular flexibility index (Phi) is 11.0. The monoisotopic (exact) mass is 288 g/mol. The van der Waals surface area contributed by atoms with Crippen molar-refractivity contribution in [1.82, 2.24) is 9.80 Å². The number of ether oxygens (including phenoxy) is 2. The second kappa shape index (κ2) is 11.7. The van der Waals surface area contributed by atoms with E-state index in [-0.39, 0.29) is 24.9 Å². The Morgan fingerprint density at radius 1 is 1.00 bits per heavy atom. The van der Waals surface area contributed by atoms with E-state index >= 15 is 0 Å². The predicted octanol–water partition coefficient (Wildman–Crippen LogP) is 0.756. The van der Waals surface area contributed by atoms with Gasteiger partial charge >= 0.3 is 5.97 Å². The number of amides is 1. The molecule has 0 aromatic heterocycles. The molecule has 0 aliphatic carbocycles. The number of likely N-dealkylation sites (N-methyl/N-ethyl adjacent to an activating group) is 1. The summed E-state index contributed by atoms with van der Waals surface area (Å²) in [5, 5.41) is 0. The van der Waals surface area contributed by atoms with E-state index in [0.717, 1.165) is 19.6 Å². The highest BCUT2D eigenvalue weighted by molar-refractivity contribution is 5.78. The van der Waals surface area contributed by atoms with E-state index in [9.17, 15) is 9.59 Å². The first-order valence-corrected chi connectivity index (χ1v) is 7.23. The van der Waals surface area contributed by atoms with Crippen LogP contribution in [0.1, 0.15) is 27.2 Å². The van der Waals surface area contributed by atoms with Gasteiger partial charge in [0, 0.05) is 26.7 Å². The number of hydrogen-bond donors (Lipinski definition) is 0. The van der Waals surface area contributed by atoms with Crippen LogP contribution in [0.25, 0.3) is 0 Å². The fourth-order valence-corrected chi connectivity index (χ4v) is 1.84. The summed E-state index contributed by atoms with van der Waals surface area (Å²) in [5.41, 5.74) is 0. The van der Waals surface area contributed by atoms with Crippen molar-refractivity contribution < 1.29 is 19.1 Å². The van der Waals surface area contributed by atoms with Gasteiger partial charge in [0.25, 0.3) is 0 Å². The van der Waals surface area contributed by atoms with Crippen molar-refractivity contribution in [1.29, 1.82) is 0 Å². The largest absolute Gasteiger partial charge is 0.466 e. The number of carbonyl (C=O) groups is 2. The summed E-state index contributed by atoms with van der Waals surface area (Å²) >= 11 is 0. The molecule has 0 heterocycles. The summed E-state index contributed by atoms with van der Waals surface area (Å²) in [4.78, 5) is 27.2. The van der Waals surface area contributed by atoms with Crippen LogP contribution in [0, 0.1) is 0 Å². The smallest absolute Gasteiger partial charge is 0.307 e. The average molecular weight is 288 g/mol. The maximum atomic E-state index is 11.9. The van der Waals surface area contributed by atoms with Gasteiger partial charge in [-0.1, -0.05) is 13.8 Å². The van der Waals surface area contributed by atoms with Crippen LogP contribution in [-0.2, 0) is 19.1 Å². The molecule has 0 aromatic carbocycles. The van der Waals surface area contributed by atoms with Crippen LogP contribution in [0.4, 0.5) is 0 Å². The molecule has 118 valence electrons. The number of methoxy groups -OCH3 is 1. The molecule has 0 unspecified atom stereocenters. The van der Waals surface area contributed by atoms with Gasteiger partial charge in [0.1, 0.15) is 6.61 Å². The van der Waals surface area contributed by atoms with Gasteiger partial charge in [-0.05, 0) is 20.0 Å². The summed E-state index contributed by atoms with van der Waals surface area (Å²) in [6, 6.07) is 0. The fraction of sp³-hybridized carbons (Fsp3) is 0.857. The highest BCUT2D eigenvalue weighted by Gasteiger charge is 2.16. The van der Waals surface area contributed by atoms with Crippen LogP contribution in [0.15, 0.2) is 0 Å². The molecule has 6 nitrogen and oxygen atoms in total. The normalized spacial score (nSPS) is 10.7. The minimum absolute atomic E-state index is 0.0427. The Morgan fingerprint density at radius 2 is 1.65 bits per heavy atom. The predicted molar refractivity (Wildman–Crippen MR) is 77.5 cm³/mol. The van der Waals surface area contributed by atoms with Crippen LogP contribution in [0.3, 0.4) is 0 Å². The summed E-state index contributed by atoms with van der Waals surface area (Å²) in [5.74, 6) is -0.366. The van der Waals surface area contributed by atoms with E-state index in [1.54, 1.807) is 11.8 Å². The molecule has 0 radical (unpaired) electrons. The molecule has 0 rings (SSSR count). The molecule has 20 heavy (non-hydrogen) atoms. The third kappa shape index (κ3) is 8.12. The molecule has 1 amide bonds. The lowest BCUT2D eigenvalue weighted by Gasteiger charge is -2.26. The minimum atomic E-state index is -0.273. The van der Waals surface area contributed by atoms with Gasteiger partial charge in [0.05, 0.1) is 13.0 Å². The average Bonchev–Trinajstić information content (AvgIpc) is 2.43.